The van der Waals surface area contributed by atoms with Crippen molar-refractivity contribution in [2.75, 3.05) is 20.1 Å². The van der Waals surface area contributed by atoms with Crippen LogP contribution in [0.15, 0.2) is 23.2 Å². The van der Waals surface area contributed by atoms with Gasteiger partial charge in [-0.25, -0.2) is 0 Å². The highest BCUT2D eigenvalue weighted by atomic mass is 127. The summed E-state index contributed by atoms with van der Waals surface area (Å²) in [5.41, 5.74) is 2.28. The van der Waals surface area contributed by atoms with E-state index in [9.17, 15) is 0 Å². The number of guanidine groups is 1. The van der Waals surface area contributed by atoms with Crippen molar-refractivity contribution in [1.29, 1.82) is 0 Å². The second kappa shape index (κ2) is 10.9. The van der Waals surface area contributed by atoms with Gasteiger partial charge in [0.1, 0.15) is 0 Å². The predicted molar refractivity (Wildman–Crippen MR) is 114 cm³/mol. The highest BCUT2D eigenvalue weighted by Crippen LogP contribution is 2.21. The first-order valence-electron chi connectivity index (χ1n) is 7.78. The van der Waals surface area contributed by atoms with Crippen LogP contribution in [0.4, 0.5) is 0 Å². The summed E-state index contributed by atoms with van der Waals surface area (Å²) in [6.45, 7) is 6.73. The van der Waals surface area contributed by atoms with Crippen LogP contribution >= 0.6 is 46.9 Å². The fourth-order valence-corrected chi connectivity index (χ4v) is 3.43. The van der Waals surface area contributed by atoms with Crippen LogP contribution in [0.25, 0.3) is 0 Å². The van der Waals surface area contributed by atoms with E-state index in [0.717, 1.165) is 48.5 Å². The van der Waals surface area contributed by atoms with E-state index in [4.69, 9.17) is 11.6 Å². The van der Waals surface area contributed by atoms with Gasteiger partial charge in [0.2, 0.25) is 0 Å². The number of thiophene rings is 1. The molecule has 0 aliphatic rings. The maximum atomic E-state index is 5.93. The minimum absolute atomic E-state index is 0. The van der Waals surface area contributed by atoms with Gasteiger partial charge in [0.05, 0.1) is 10.0 Å². The Balaban J connectivity index is 0.00000288. The molecule has 2 aromatic rings. The van der Waals surface area contributed by atoms with Gasteiger partial charge in [-0.15, -0.1) is 35.3 Å². The SMILES string of the molecule is CN=C(NCCCn1nc(C)cc1C)NCCc1ccc(Cl)s1.I. The van der Waals surface area contributed by atoms with E-state index in [1.165, 1.54) is 10.6 Å². The lowest BCUT2D eigenvalue weighted by Crippen LogP contribution is -2.38. The molecule has 2 heterocycles. The molecule has 2 N–H and O–H groups in total. The van der Waals surface area contributed by atoms with Crippen molar-refractivity contribution in [2.45, 2.75) is 33.2 Å². The molecule has 0 aromatic carbocycles. The monoisotopic (exact) mass is 481 g/mol. The molecule has 24 heavy (non-hydrogen) atoms. The molecule has 0 saturated carbocycles. The summed E-state index contributed by atoms with van der Waals surface area (Å²) < 4.78 is 2.89. The number of nitrogens with zero attached hydrogens (tertiary/aromatic N) is 3. The summed E-state index contributed by atoms with van der Waals surface area (Å²) in [7, 11) is 1.79. The van der Waals surface area contributed by atoms with Crippen LogP contribution in [-0.4, -0.2) is 35.9 Å². The molecule has 0 atom stereocenters. The van der Waals surface area contributed by atoms with Crippen LogP contribution in [-0.2, 0) is 13.0 Å². The Hall–Kier alpha value is -0.800. The van der Waals surface area contributed by atoms with E-state index < -0.39 is 0 Å². The predicted octanol–water partition coefficient (Wildman–Crippen LogP) is 3.63. The summed E-state index contributed by atoms with van der Waals surface area (Å²) in [4.78, 5) is 5.52. The van der Waals surface area contributed by atoms with Crippen LogP contribution in [0.2, 0.25) is 4.34 Å². The van der Waals surface area contributed by atoms with E-state index in [2.05, 4.69) is 39.8 Å². The molecular weight excluding hydrogens is 457 g/mol. The van der Waals surface area contributed by atoms with Gasteiger partial charge in [0.25, 0.3) is 0 Å². The molecule has 0 bridgehead atoms. The highest BCUT2D eigenvalue weighted by molar-refractivity contribution is 14.0. The van der Waals surface area contributed by atoms with Crippen LogP contribution in [0.1, 0.15) is 22.7 Å². The fraction of sp³-hybridized carbons (Fsp3) is 0.500. The molecule has 0 spiro atoms. The van der Waals surface area contributed by atoms with Crippen molar-refractivity contribution in [3.63, 3.8) is 0 Å². The summed E-state index contributed by atoms with van der Waals surface area (Å²) in [6.07, 6.45) is 1.95. The first kappa shape index (κ1) is 21.2. The average molecular weight is 482 g/mol. The Morgan fingerprint density at radius 1 is 1.29 bits per heavy atom. The zero-order valence-electron chi connectivity index (χ0n) is 14.3. The quantitative estimate of drug-likeness (QED) is 0.275. The lowest BCUT2D eigenvalue weighted by molar-refractivity contribution is 0.555. The van der Waals surface area contributed by atoms with E-state index in [0.29, 0.717) is 0 Å². The van der Waals surface area contributed by atoms with Crippen LogP contribution in [0, 0.1) is 13.8 Å². The number of nitrogens with one attached hydrogen (secondary N) is 2. The van der Waals surface area contributed by atoms with Gasteiger partial charge in [-0.2, -0.15) is 5.10 Å². The lowest BCUT2D eigenvalue weighted by atomic mass is 10.3. The summed E-state index contributed by atoms with van der Waals surface area (Å²) >= 11 is 7.56. The molecule has 2 rings (SSSR count). The smallest absolute Gasteiger partial charge is 0.190 e. The standard InChI is InChI=1S/C16H24ClN5S.HI/c1-12-11-13(2)22(21-12)10-4-8-19-16(18-3)20-9-7-14-5-6-15(17)23-14;/h5-6,11H,4,7-10H2,1-3H3,(H2,18,19,20);1H. The van der Waals surface area contributed by atoms with Crippen molar-refractivity contribution >= 4 is 52.9 Å². The Kier molecular flexibility index (Phi) is 9.68. The van der Waals surface area contributed by atoms with Crippen LogP contribution < -0.4 is 10.6 Å². The Bertz CT molecular complexity index is 653. The molecule has 0 saturated heterocycles. The zero-order valence-corrected chi connectivity index (χ0v) is 18.2. The van der Waals surface area contributed by atoms with Gasteiger partial charge in [-0.3, -0.25) is 9.67 Å². The minimum Gasteiger partial charge on any atom is -0.356 e. The first-order chi connectivity index (χ1) is 11.1. The summed E-state index contributed by atoms with van der Waals surface area (Å²) in [6, 6.07) is 6.11. The van der Waals surface area contributed by atoms with Crippen molar-refractivity contribution in [1.82, 2.24) is 20.4 Å². The maximum absolute atomic E-state index is 5.93. The van der Waals surface area contributed by atoms with Gasteiger partial charge in [-0.1, -0.05) is 11.6 Å². The van der Waals surface area contributed by atoms with Gasteiger partial charge in [0.15, 0.2) is 5.96 Å². The topological polar surface area (TPSA) is 54.2 Å². The molecule has 134 valence electrons. The van der Waals surface area contributed by atoms with Crippen molar-refractivity contribution in [3.8, 4) is 0 Å². The number of hydrogen-bond acceptors (Lipinski definition) is 3. The molecule has 0 aliphatic heterocycles. The second-order valence-corrected chi connectivity index (χ2v) is 7.19. The molecule has 0 unspecified atom stereocenters. The molecule has 5 nitrogen and oxygen atoms in total. The number of hydrogen-bond donors (Lipinski definition) is 2. The van der Waals surface area contributed by atoms with Crippen LogP contribution in [0.3, 0.4) is 0 Å². The fourth-order valence-electron chi connectivity index (χ4n) is 2.35. The molecule has 2 aromatic heterocycles. The Morgan fingerprint density at radius 3 is 2.62 bits per heavy atom. The van der Waals surface area contributed by atoms with E-state index in [-0.39, 0.29) is 24.0 Å². The van der Waals surface area contributed by atoms with E-state index in [1.807, 2.05) is 17.7 Å². The molecule has 8 heteroatoms. The third kappa shape index (κ3) is 6.98. The van der Waals surface area contributed by atoms with Gasteiger partial charge in [0, 0.05) is 37.3 Å². The van der Waals surface area contributed by atoms with E-state index in [1.54, 1.807) is 18.4 Å². The van der Waals surface area contributed by atoms with Crippen LogP contribution in [0.5, 0.6) is 0 Å². The third-order valence-corrected chi connectivity index (χ3v) is 4.75. The van der Waals surface area contributed by atoms with Crippen molar-refractivity contribution < 1.29 is 0 Å². The molecular formula is C16H25ClIN5S. The van der Waals surface area contributed by atoms with Crippen molar-refractivity contribution in [2.24, 2.45) is 4.99 Å². The Labute approximate surface area is 169 Å². The third-order valence-electron chi connectivity index (χ3n) is 3.46. The number of aliphatic imine (C=N–C) groups is 1. The van der Waals surface area contributed by atoms with Crippen molar-refractivity contribution in [3.05, 3.63) is 38.8 Å². The summed E-state index contributed by atoms with van der Waals surface area (Å²) in [5, 5.41) is 11.1. The highest BCUT2D eigenvalue weighted by Gasteiger charge is 2.02. The summed E-state index contributed by atoms with van der Waals surface area (Å²) in [5.74, 6) is 0.834. The largest absolute Gasteiger partial charge is 0.356 e. The second-order valence-electron chi connectivity index (χ2n) is 5.39. The Morgan fingerprint density at radius 2 is 2.04 bits per heavy atom. The normalized spacial score (nSPS) is 11.2. The average Bonchev–Trinajstić information content (AvgIpc) is 3.07. The van der Waals surface area contributed by atoms with Gasteiger partial charge in [-0.05, 0) is 44.9 Å². The van der Waals surface area contributed by atoms with Gasteiger partial charge >= 0.3 is 0 Å². The number of aryl methyl sites for hydroxylation is 3. The molecule has 0 aliphatic carbocycles. The number of aromatic nitrogens is 2. The van der Waals surface area contributed by atoms with Gasteiger partial charge < -0.3 is 10.6 Å². The number of rotatable bonds is 7. The molecule has 0 radical (unpaired) electrons. The number of halogens is 2. The maximum Gasteiger partial charge on any atom is 0.190 e. The molecule has 0 fully saturated rings. The zero-order chi connectivity index (χ0) is 16.7. The molecule has 0 amide bonds. The first-order valence-corrected chi connectivity index (χ1v) is 8.97. The minimum atomic E-state index is 0. The van der Waals surface area contributed by atoms with E-state index >= 15 is 0 Å². The lowest BCUT2D eigenvalue weighted by Gasteiger charge is -2.11.